The lowest BCUT2D eigenvalue weighted by Crippen LogP contribution is -2.55. The summed E-state index contributed by atoms with van der Waals surface area (Å²) in [4.78, 5) is 12.1. The van der Waals surface area contributed by atoms with Crippen molar-refractivity contribution in [2.45, 2.75) is 71.5 Å². The van der Waals surface area contributed by atoms with Gasteiger partial charge in [0.05, 0.1) is 25.7 Å². The molecule has 0 N–H and O–H groups in total. The van der Waals surface area contributed by atoms with E-state index < -0.39 is 0 Å². The molecule has 0 spiro atoms. The van der Waals surface area contributed by atoms with Crippen LogP contribution in [0.4, 0.5) is 0 Å². The minimum Gasteiger partial charge on any atom is -0.465 e. The Morgan fingerprint density at radius 2 is 1.79 bits per heavy atom. The van der Waals surface area contributed by atoms with Crippen molar-refractivity contribution in [1.29, 1.82) is 0 Å². The lowest BCUT2D eigenvalue weighted by atomic mass is 9.46. The molecule has 3 nitrogen and oxygen atoms in total. The quantitative estimate of drug-likeness (QED) is 0.659. The van der Waals surface area contributed by atoms with Gasteiger partial charge in [0, 0.05) is 0 Å². The third kappa shape index (κ3) is 2.84. The molecule has 152 valence electrons. The molecule has 3 heteroatoms. The predicted octanol–water partition coefficient (Wildman–Crippen LogP) is 5.38. The van der Waals surface area contributed by atoms with Crippen molar-refractivity contribution >= 4 is 5.97 Å². The first kappa shape index (κ1) is 18.7. The van der Waals surface area contributed by atoms with Gasteiger partial charge in [-0.2, -0.15) is 0 Å². The van der Waals surface area contributed by atoms with E-state index in [0.717, 1.165) is 18.4 Å². The Morgan fingerprint density at radius 1 is 1.00 bits per heavy atom. The van der Waals surface area contributed by atoms with Gasteiger partial charge in [-0.15, -0.1) is 0 Å². The third-order valence-corrected chi connectivity index (χ3v) is 9.24. The van der Waals surface area contributed by atoms with Crippen LogP contribution in [-0.2, 0) is 20.9 Å². The molecule has 4 aliphatic rings. The Kier molecular flexibility index (Phi) is 4.58. The van der Waals surface area contributed by atoms with Crippen LogP contribution in [0.3, 0.4) is 0 Å². The highest BCUT2D eigenvalue weighted by Crippen LogP contribution is 2.65. The smallest absolute Gasteiger partial charge is 0.306 e. The highest BCUT2D eigenvalue weighted by atomic mass is 16.5. The van der Waals surface area contributed by atoms with E-state index in [1.54, 1.807) is 0 Å². The maximum absolute atomic E-state index is 12.1. The van der Waals surface area contributed by atoms with Crippen molar-refractivity contribution in [2.75, 3.05) is 6.61 Å². The van der Waals surface area contributed by atoms with Gasteiger partial charge in [-0.1, -0.05) is 44.2 Å². The summed E-state index contributed by atoms with van der Waals surface area (Å²) in [6, 6.07) is 10.6. The van der Waals surface area contributed by atoms with E-state index in [9.17, 15) is 4.79 Å². The van der Waals surface area contributed by atoms with Crippen LogP contribution >= 0.6 is 0 Å². The maximum atomic E-state index is 12.1. The Labute approximate surface area is 169 Å². The number of esters is 1. The number of cyclic esters (lactones) is 1. The number of hydrogen-bond donors (Lipinski definition) is 0. The van der Waals surface area contributed by atoms with E-state index in [0.29, 0.717) is 36.4 Å². The van der Waals surface area contributed by atoms with E-state index in [2.05, 4.69) is 44.2 Å². The zero-order chi connectivity index (χ0) is 19.4. The Hall–Kier alpha value is -1.35. The third-order valence-electron chi connectivity index (χ3n) is 9.24. The lowest BCUT2D eigenvalue weighted by Gasteiger charge is -2.59. The summed E-state index contributed by atoms with van der Waals surface area (Å²) < 4.78 is 11.9. The molecule has 3 saturated carbocycles. The average Bonchev–Trinajstić information content (AvgIpc) is 3.03. The summed E-state index contributed by atoms with van der Waals surface area (Å²) in [6.45, 7) is 6.28. The van der Waals surface area contributed by atoms with E-state index in [4.69, 9.17) is 9.47 Å². The molecule has 1 saturated heterocycles. The molecule has 1 aliphatic heterocycles. The van der Waals surface area contributed by atoms with Crippen LogP contribution < -0.4 is 0 Å². The van der Waals surface area contributed by atoms with Crippen LogP contribution in [0.15, 0.2) is 30.3 Å². The molecule has 1 aromatic carbocycles. The van der Waals surface area contributed by atoms with Gasteiger partial charge in [0.1, 0.15) is 0 Å². The molecule has 0 aromatic heterocycles. The number of hydrogen-bond acceptors (Lipinski definition) is 3. The van der Waals surface area contributed by atoms with Crippen LogP contribution in [0, 0.1) is 34.5 Å². The van der Waals surface area contributed by atoms with Crippen LogP contribution in [-0.4, -0.2) is 18.7 Å². The standard InChI is InChI=1S/C25H34O3/c1-24-13-12-21-19(9-8-18-16-28-23(26)14-25(18,21)2)20(24)10-11-22(24)27-15-17-6-4-3-5-7-17/h3-7,18-22H,8-16H2,1-2H3/t18-,19-,20-,21-,22?,24-,25-/m0/s1. The second-order valence-electron chi connectivity index (χ2n) is 10.4. The summed E-state index contributed by atoms with van der Waals surface area (Å²) >= 11 is 0. The van der Waals surface area contributed by atoms with Crippen LogP contribution in [0.1, 0.15) is 64.4 Å². The first-order valence-electron chi connectivity index (χ1n) is 11.3. The van der Waals surface area contributed by atoms with Gasteiger partial charge in [-0.05, 0) is 78.6 Å². The van der Waals surface area contributed by atoms with Crippen molar-refractivity contribution in [3.05, 3.63) is 35.9 Å². The van der Waals surface area contributed by atoms with E-state index in [-0.39, 0.29) is 11.4 Å². The molecule has 1 heterocycles. The van der Waals surface area contributed by atoms with Gasteiger partial charge < -0.3 is 9.47 Å². The summed E-state index contributed by atoms with van der Waals surface area (Å²) in [5.74, 6) is 2.80. The number of carbonyl (C=O) groups excluding carboxylic acids is 1. The van der Waals surface area contributed by atoms with Gasteiger partial charge in [-0.25, -0.2) is 0 Å². The molecule has 5 rings (SSSR count). The van der Waals surface area contributed by atoms with E-state index >= 15 is 0 Å². The highest BCUT2D eigenvalue weighted by Gasteiger charge is 2.61. The second-order valence-corrected chi connectivity index (χ2v) is 10.4. The zero-order valence-electron chi connectivity index (χ0n) is 17.4. The molecule has 1 aromatic rings. The van der Waals surface area contributed by atoms with Gasteiger partial charge in [0.25, 0.3) is 0 Å². The van der Waals surface area contributed by atoms with Crippen LogP contribution in [0.5, 0.6) is 0 Å². The molecule has 0 radical (unpaired) electrons. The molecule has 0 bridgehead atoms. The topological polar surface area (TPSA) is 35.5 Å². The van der Waals surface area contributed by atoms with E-state index in [1.807, 2.05) is 0 Å². The number of ether oxygens (including phenoxy) is 2. The van der Waals surface area contributed by atoms with Crippen LogP contribution in [0.25, 0.3) is 0 Å². The molecule has 1 unspecified atom stereocenters. The fourth-order valence-electron chi connectivity index (χ4n) is 7.64. The molecular formula is C25H34O3. The number of carbonyl (C=O) groups is 1. The zero-order valence-corrected chi connectivity index (χ0v) is 17.4. The summed E-state index contributed by atoms with van der Waals surface area (Å²) in [5, 5.41) is 0. The highest BCUT2D eigenvalue weighted by molar-refractivity contribution is 5.71. The summed E-state index contributed by atoms with van der Waals surface area (Å²) in [5.41, 5.74) is 1.73. The van der Waals surface area contributed by atoms with Crippen molar-refractivity contribution in [3.63, 3.8) is 0 Å². The molecule has 0 amide bonds. The normalized spacial score (nSPS) is 44.9. The SMILES string of the molecule is C[C@]12CC(=O)OC[C@@H]1CC[C@@H]1[C@@H]2CC[C@]2(C)C(OCc3ccccc3)CC[C@@H]12. The van der Waals surface area contributed by atoms with E-state index in [1.165, 1.54) is 44.1 Å². The fourth-order valence-corrected chi connectivity index (χ4v) is 7.64. The Bertz CT molecular complexity index is 731. The lowest BCUT2D eigenvalue weighted by molar-refractivity contribution is -0.180. The van der Waals surface area contributed by atoms with Crippen molar-refractivity contribution in [1.82, 2.24) is 0 Å². The maximum Gasteiger partial charge on any atom is 0.306 e. The molecule has 3 aliphatic carbocycles. The first-order chi connectivity index (χ1) is 13.5. The minimum absolute atomic E-state index is 0.0308. The van der Waals surface area contributed by atoms with Crippen LogP contribution in [0.2, 0.25) is 0 Å². The molecule has 28 heavy (non-hydrogen) atoms. The predicted molar refractivity (Wildman–Crippen MR) is 108 cm³/mol. The largest absolute Gasteiger partial charge is 0.465 e. The average molecular weight is 383 g/mol. The molecule has 4 fully saturated rings. The minimum atomic E-state index is 0.0308. The van der Waals surface area contributed by atoms with Crippen molar-refractivity contribution in [2.24, 2.45) is 34.5 Å². The number of fused-ring (bicyclic) bond motifs is 5. The summed E-state index contributed by atoms with van der Waals surface area (Å²) in [6.07, 6.45) is 8.54. The first-order valence-corrected chi connectivity index (χ1v) is 11.3. The monoisotopic (exact) mass is 382 g/mol. The second kappa shape index (κ2) is 6.86. The van der Waals surface area contributed by atoms with Gasteiger partial charge >= 0.3 is 5.97 Å². The Balaban J connectivity index is 1.33. The fraction of sp³-hybridized carbons (Fsp3) is 0.720. The Morgan fingerprint density at radius 3 is 2.61 bits per heavy atom. The number of rotatable bonds is 3. The number of benzene rings is 1. The van der Waals surface area contributed by atoms with Crippen molar-refractivity contribution < 1.29 is 14.3 Å². The van der Waals surface area contributed by atoms with Gasteiger partial charge in [-0.3, -0.25) is 4.79 Å². The van der Waals surface area contributed by atoms with Gasteiger partial charge in [0.2, 0.25) is 0 Å². The summed E-state index contributed by atoms with van der Waals surface area (Å²) in [7, 11) is 0. The molecule has 7 atom stereocenters. The van der Waals surface area contributed by atoms with Crippen molar-refractivity contribution in [3.8, 4) is 0 Å². The van der Waals surface area contributed by atoms with Gasteiger partial charge in [0.15, 0.2) is 0 Å². The molecular weight excluding hydrogens is 348 g/mol.